The summed E-state index contributed by atoms with van der Waals surface area (Å²) >= 11 is 0. The van der Waals surface area contributed by atoms with E-state index >= 15 is 0 Å². The molecule has 1 aliphatic carbocycles. The molecule has 2 aromatic rings. The lowest BCUT2D eigenvalue weighted by Crippen LogP contribution is -2.04. The normalized spacial score (nSPS) is 19.5. The second kappa shape index (κ2) is 6.16. The van der Waals surface area contributed by atoms with Crippen LogP contribution in [0.25, 0.3) is 11.1 Å². The van der Waals surface area contributed by atoms with E-state index in [4.69, 9.17) is 5.11 Å². The van der Waals surface area contributed by atoms with Gasteiger partial charge in [0.1, 0.15) is 6.10 Å². The van der Waals surface area contributed by atoms with Gasteiger partial charge in [0.2, 0.25) is 0 Å². The zero-order valence-corrected chi connectivity index (χ0v) is 12.2. The molecule has 2 N–H and O–H groups in total. The van der Waals surface area contributed by atoms with Gasteiger partial charge in [-0.25, -0.2) is 4.79 Å². The highest BCUT2D eigenvalue weighted by molar-refractivity contribution is 5.81. The molecule has 1 unspecified atom stereocenters. The van der Waals surface area contributed by atoms with Gasteiger partial charge < -0.3 is 10.2 Å². The lowest BCUT2D eigenvalue weighted by molar-refractivity contribution is -0.131. The van der Waals surface area contributed by atoms with E-state index < -0.39 is 12.1 Å². The molecule has 0 aliphatic heterocycles. The van der Waals surface area contributed by atoms with Gasteiger partial charge in [0.25, 0.3) is 0 Å². The molecule has 0 heterocycles. The predicted molar refractivity (Wildman–Crippen MR) is 85.5 cm³/mol. The number of fused-ring (bicyclic) bond motifs is 1. The van der Waals surface area contributed by atoms with Gasteiger partial charge in [0, 0.05) is 6.08 Å². The Bertz CT molecular complexity index is 717. The monoisotopic (exact) mass is 294 g/mol. The Morgan fingerprint density at radius 1 is 1.05 bits per heavy atom. The zero-order chi connectivity index (χ0) is 15.5. The number of aliphatic hydroxyl groups excluding tert-OH is 1. The maximum Gasteiger partial charge on any atom is 0.328 e. The smallest absolute Gasteiger partial charge is 0.328 e. The maximum absolute atomic E-state index is 10.9. The molecule has 112 valence electrons. The number of carbonyl (C=O) groups is 1. The molecular weight excluding hydrogens is 276 g/mol. The summed E-state index contributed by atoms with van der Waals surface area (Å²) in [6.07, 6.45) is 2.64. The van der Waals surface area contributed by atoms with Crippen LogP contribution < -0.4 is 0 Å². The van der Waals surface area contributed by atoms with Crippen LogP contribution in [0.15, 0.2) is 60.2 Å². The fraction of sp³-hybridized carbons (Fsp3) is 0.211. The van der Waals surface area contributed by atoms with Gasteiger partial charge in [-0.2, -0.15) is 0 Å². The van der Waals surface area contributed by atoms with Gasteiger partial charge >= 0.3 is 5.97 Å². The number of carboxylic acid groups (broad SMARTS) is 1. The summed E-state index contributed by atoms with van der Waals surface area (Å²) < 4.78 is 0. The number of rotatable bonds is 2. The van der Waals surface area contributed by atoms with Crippen molar-refractivity contribution in [1.29, 1.82) is 0 Å². The summed E-state index contributed by atoms with van der Waals surface area (Å²) in [7, 11) is 0. The first-order valence-electron chi connectivity index (χ1n) is 7.45. The maximum atomic E-state index is 10.9. The molecule has 0 spiro atoms. The molecule has 0 saturated heterocycles. The lowest BCUT2D eigenvalue weighted by atomic mass is 9.94. The Hall–Kier alpha value is -2.39. The van der Waals surface area contributed by atoms with Crippen LogP contribution in [0, 0.1) is 0 Å². The second-order valence-corrected chi connectivity index (χ2v) is 5.59. The van der Waals surface area contributed by atoms with Gasteiger partial charge in [0.15, 0.2) is 0 Å². The Labute approximate surface area is 129 Å². The number of aliphatic carboxylic acids is 1. The Morgan fingerprint density at radius 3 is 2.55 bits per heavy atom. The topological polar surface area (TPSA) is 57.5 Å². The second-order valence-electron chi connectivity index (χ2n) is 5.59. The van der Waals surface area contributed by atoms with Crippen molar-refractivity contribution in [3.63, 3.8) is 0 Å². The molecule has 3 rings (SSSR count). The molecule has 0 amide bonds. The van der Waals surface area contributed by atoms with Crippen LogP contribution in [0.3, 0.4) is 0 Å². The van der Waals surface area contributed by atoms with Crippen molar-refractivity contribution < 1.29 is 15.0 Å². The van der Waals surface area contributed by atoms with Gasteiger partial charge in [-0.05, 0) is 53.2 Å². The summed E-state index contributed by atoms with van der Waals surface area (Å²) in [5, 5.41) is 19.6. The molecule has 0 radical (unpaired) electrons. The first-order chi connectivity index (χ1) is 10.6. The Morgan fingerprint density at radius 2 is 1.82 bits per heavy atom. The molecule has 0 saturated carbocycles. The first kappa shape index (κ1) is 14.5. The third-order valence-corrected chi connectivity index (χ3v) is 4.12. The van der Waals surface area contributed by atoms with Crippen molar-refractivity contribution in [1.82, 2.24) is 0 Å². The quantitative estimate of drug-likeness (QED) is 0.655. The highest BCUT2D eigenvalue weighted by atomic mass is 16.4. The molecule has 22 heavy (non-hydrogen) atoms. The SMILES string of the molecule is O=C(O)/C=C1\CCCc2ccc(-c3ccccc3)cc2C1O. The van der Waals surface area contributed by atoms with Crippen molar-refractivity contribution >= 4 is 5.97 Å². The highest BCUT2D eigenvalue weighted by Gasteiger charge is 2.22. The summed E-state index contributed by atoms with van der Waals surface area (Å²) in [4.78, 5) is 10.9. The summed E-state index contributed by atoms with van der Waals surface area (Å²) in [6, 6.07) is 16.1. The van der Waals surface area contributed by atoms with Crippen molar-refractivity contribution in [2.75, 3.05) is 0 Å². The minimum Gasteiger partial charge on any atom is -0.478 e. The molecule has 3 nitrogen and oxygen atoms in total. The Kier molecular flexibility index (Phi) is 4.07. The summed E-state index contributed by atoms with van der Waals surface area (Å²) in [5.74, 6) is -1.00. The number of aryl methyl sites for hydroxylation is 1. The van der Waals surface area contributed by atoms with Gasteiger partial charge in [-0.15, -0.1) is 0 Å². The van der Waals surface area contributed by atoms with E-state index in [1.807, 2.05) is 42.5 Å². The van der Waals surface area contributed by atoms with Crippen molar-refractivity contribution in [3.8, 4) is 11.1 Å². The van der Waals surface area contributed by atoms with E-state index in [1.165, 1.54) is 0 Å². The highest BCUT2D eigenvalue weighted by Crippen LogP contribution is 2.35. The molecule has 1 atom stereocenters. The van der Waals surface area contributed by atoms with E-state index in [2.05, 4.69) is 6.07 Å². The third kappa shape index (κ3) is 2.95. The van der Waals surface area contributed by atoms with Crippen LogP contribution in [-0.4, -0.2) is 16.2 Å². The lowest BCUT2D eigenvalue weighted by Gasteiger charge is -2.16. The third-order valence-electron chi connectivity index (χ3n) is 4.12. The van der Waals surface area contributed by atoms with Gasteiger partial charge in [-0.3, -0.25) is 0 Å². The standard InChI is InChI=1S/C19H18O3/c20-18(21)12-16-8-4-7-14-9-10-15(11-17(14)19(16)22)13-5-2-1-3-6-13/h1-3,5-6,9-12,19,22H,4,7-8H2,(H,20,21)/b16-12+. The van der Waals surface area contributed by atoms with E-state index in [9.17, 15) is 9.90 Å². The number of hydrogen-bond acceptors (Lipinski definition) is 2. The van der Waals surface area contributed by atoms with Gasteiger partial charge in [0.05, 0.1) is 0 Å². The molecular formula is C19H18O3. The average molecular weight is 294 g/mol. The molecule has 2 aromatic carbocycles. The van der Waals surface area contributed by atoms with Crippen LogP contribution in [0.1, 0.15) is 30.1 Å². The molecule has 0 fully saturated rings. The minimum absolute atomic E-state index is 0.580. The van der Waals surface area contributed by atoms with E-state index in [-0.39, 0.29) is 0 Å². The fourth-order valence-corrected chi connectivity index (χ4v) is 3.02. The predicted octanol–water partition coefficient (Wildman–Crippen LogP) is 3.73. The molecule has 3 heteroatoms. The van der Waals surface area contributed by atoms with E-state index in [0.717, 1.165) is 41.2 Å². The van der Waals surface area contributed by atoms with Crippen LogP contribution in [0.5, 0.6) is 0 Å². The number of aliphatic hydroxyl groups is 1. The Balaban J connectivity index is 2.05. The van der Waals surface area contributed by atoms with Crippen molar-refractivity contribution in [2.24, 2.45) is 0 Å². The molecule has 0 bridgehead atoms. The van der Waals surface area contributed by atoms with Crippen molar-refractivity contribution in [3.05, 3.63) is 71.3 Å². The van der Waals surface area contributed by atoms with E-state index in [0.29, 0.717) is 12.0 Å². The summed E-state index contributed by atoms with van der Waals surface area (Å²) in [6.45, 7) is 0. The number of carboxylic acids is 1. The summed E-state index contributed by atoms with van der Waals surface area (Å²) in [5.41, 5.74) is 4.63. The number of hydrogen-bond donors (Lipinski definition) is 2. The zero-order valence-electron chi connectivity index (χ0n) is 12.2. The van der Waals surface area contributed by atoms with Crippen molar-refractivity contribution in [2.45, 2.75) is 25.4 Å². The van der Waals surface area contributed by atoms with Crippen LogP contribution in [-0.2, 0) is 11.2 Å². The first-order valence-corrected chi connectivity index (χ1v) is 7.45. The largest absolute Gasteiger partial charge is 0.478 e. The van der Waals surface area contributed by atoms with E-state index in [1.54, 1.807) is 0 Å². The minimum atomic E-state index is -1.00. The fourth-order valence-electron chi connectivity index (χ4n) is 3.02. The van der Waals surface area contributed by atoms with Gasteiger partial charge in [-0.1, -0.05) is 42.5 Å². The molecule has 0 aromatic heterocycles. The van der Waals surface area contributed by atoms with Crippen LogP contribution in [0.2, 0.25) is 0 Å². The van der Waals surface area contributed by atoms with Crippen LogP contribution >= 0.6 is 0 Å². The van der Waals surface area contributed by atoms with Crippen LogP contribution in [0.4, 0.5) is 0 Å². The number of benzene rings is 2. The average Bonchev–Trinajstić information content (AvgIpc) is 2.68. The molecule has 1 aliphatic rings.